The number of benzene rings is 3. The van der Waals surface area contributed by atoms with Crippen molar-refractivity contribution >= 4 is 16.7 Å². The quantitative estimate of drug-likeness (QED) is 0.537. The van der Waals surface area contributed by atoms with Crippen molar-refractivity contribution in [3.8, 4) is 22.8 Å². The van der Waals surface area contributed by atoms with E-state index < -0.39 is 0 Å². The zero-order chi connectivity index (χ0) is 18.8. The standard InChI is InChI=1S/C23H19NO3/c1-15-4-3-5-17(12-15)24-21-14-23(16-6-9-19(26-2)10-7-16)27-22-11-8-18(25)13-20(21)22/h3-14,25H,1-2H3. The van der Waals surface area contributed by atoms with Crippen LogP contribution in [0.5, 0.6) is 11.5 Å². The fourth-order valence-corrected chi connectivity index (χ4v) is 2.98. The average molecular weight is 357 g/mol. The second kappa shape index (κ2) is 7.00. The van der Waals surface area contributed by atoms with E-state index in [1.807, 2.05) is 61.5 Å². The number of rotatable bonds is 3. The van der Waals surface area contributed by atoms with Gasteiger partial charge in [0.1, 0.15) is 22.8 Å². The third-order valence-electron chi connectivity index (χ3n) is 4.35. The van der Waals surface area contributed by atoms with E-state index in [-0.39, 0.29) is 5.75 Å². The Morgan fingerprint density at radius 1 is 0.926 bits per heavy atom. The Morgan fingerprint density at radius 3 is 2.48 bits per heavy atom. The highest BCUT2D eigenvalue weighted by molar-refractivity contribution is 5.80. The largest absolute Gasteiger partial charge is 0.508 e. The second-order valence-electron chi connectivity index (χ2n) is 6.36. The van der Waals surface area contributed by atoms with Crippen LogP contribution < -0.4 is 10.1 Å². The number of phenols is 1. The fourth-order valence-electron chi connectivity index (χ4n) is 2.98. The van der Waals surface area contributed by atoms with E-state index in [4.69, 9.17) is 14.1 Å². The van der Waals surface area contributed by atoms with Crippen molar-refractivity contribution in [2.75, 3.05) is 7.11 Å². The highest BCUT2D eigenvalue weighted by atomic mass is 16.5. The first-order valence-electron chi connectivity index (χ1n) is 8.65. The number of ether oxygens (including phenoxy) is 1. The molecule has 0 bridgehead atoms. The smallest absolute Gasteiger partial charge is 0.137 e. The lowest BCUT2D eigenvalue weighted by molar-refractivity contribution is 0.415. The molecule has 0 aliphatic carbocycles. The van der Waals surface area contributed by atoms with E-state index in [1.165, 1.54) is 0 Å². The summed E-state index contributed by atoms with van der Waals surface area (Å²) in [6.45, 7) is 2.03. The molecule has 0 aliphatic rings. The molecule has 0 atom stereocenters. The van der Waals surface area contributed by atoms with E-state index >= 15 is 0 Å². The molecule has 0 radical (unpaired) electrons. The van der Waals surface area contributed by atoms with Crippen molar-refractivity contribution in [2.24, 2.45) is 4.99 Å². The van der Waals surface area contributed by atoms with Gasteiger partial charge in [0.15, 0.2) is 0 Å². The minimum Gasteiger partial charge on any atom is -0.508 e. The summed E-state index contributed by atoms with van der Waals surface area (Å²) in [7, 11) is 1.64. The summed E-state index contributed by atoms with van der Waals surface area (Å²) < 4.78 is 11.3. The van der Waals surface area contributed by atoms with E-state index in [1.54, 1.807) is 25.3 Å². The number of fused-ring (bicyclic) bond motifs is 1. The number of phenolic OH excluding ortho intramolecular Hbond substituents is 1. The van der Waals surface area contributed by atoms with Crippen LogP contribution in [0.3, 0.4) is 0 Å². The number of hydrogen-bond donors (Lipinski definition) is 1. The van der Waals surface area contributed by atoms with Gasteiger partial charge in [0.05, 0.1) is 18.2 Å². The molecule has 0 aliphatic heterocycles. The molecule has 1 N–H and O–H groups in total. The molecule has 3 aromatic carbocycles. The summed E-state index contributed by atoms with van der Waals surface area (Å²) >= 11 is 0. The van der Waals surface area contributed by atoms with Crippen LogP contribution in [0, 0.1) is 6.92 Å². The first-order valence-corrected chi connectivity index (χ1v) is 8.65. The van der Waals surface area contributed by atoms with Crippen molar-refractivity contribution in [3.05, 3.63) is 83.7 Å². The van der Waals surface area contributed by atoms with Gasteiger partial charge in [-0.05, 0) is 67.1 Å². The van der Waals surface area contributed by atoms with Gasteiger partial charge in [-0.15, -0.1) is 0 Å². The predicted octanol–water partition coefficient (Wildman–Crippen LogP) is 5.35. The fraction of sp³-hybridized carbons (Fsp3) is 0.0870. The summed E-state index contributed by atoms with van der Waals surface area (Å²) in [6, 6.07) is 22.6. The minimum atomic E-state index is 0.176. The maximum absolute atomic E-state index is 9.91. The predicted molar refractivity (Wildman–Crippen MR) is 106 cm³/mol. The number of methoxy groups -OCH3 is 1. The molecule has 134 valence electrons. The first kappa shape index (κ1) is 16.9. The summed E-state index contributed by atoms with van der Waals surface area (Å²) in [5.74, 6) is 1.66. The lowest BCUT2D eigenvalue weighted by Crippen LogP contribution is -2.03. The van der Waals surface area contributed by atoms with Gasteiger partial charge in [-0.1, -0.05) is 12.1 Å². The Balaban J connectivity index is 1.96. The molecule has 1 aromatic heterocycles. The lowest BCUT2D eigenvalue weighted by atomic mass is 10.1. The Hall–Kier alpha value is -3.53. The van der Waals surface area contributed by atoms with Gasteiger partial charge in [-0.2, -0.15) is 0 Å². The molecule has 1 heterocycles. The number of hydrogen-bond acceptors (Lipinski definition) is 4. The van der Waals surface area contributed by atoms with Gasteiger partial charge < -0.3 is 14.3 Å². The Labute approximate surface area is 157 Å². The van der Waals surface area contributed by atoms with Gasteiger partial charge >= 0.3 is 0 Å². The van der Waals surface area contributed by atoms with Crippen LogP contribution in [0.1, 0.15) is 5.56 Å². The molecule has 4 aromatic rings. The Morgan fingerprint density at radius 2 is 1.74 bits per heavy atom. The molecule has 4 rings (SSSR count). The van der Waals surface area contributed by atoms with Crippen LogP contribution in [-0.4, -0.2) is 12.2 Å². The van der Waals surface area contributed by atoms with Gasteiger partial charge in [-0.3, -0.25) is 0 Å². The third kappa shape index (κ3) is 3.55. The molecular formula is C23H19NO3. The highest BCUT2D eigenvalue weighted by Gasteiger charge is 2.07. The van der Waals surface area contributed by atoms with Crippen molar-refractivity contribution in [3.63, 3.8) is 0 Å². The summed E-state index contributed by atoms with van der Waals surface area (Å²) in [6.07, 6.45) is 0. The van der Waals surface area contributed by atoms with E-state index in [0.29, 0.717) is 11.3 Å². The zero-order valence-electron chi connectivity index (χ0n) is 15.1. The van der Waals surface area contributed by atoms with Gasteiger partial charge in [0.25, 0.3) is 0 Å². The number of nitrogens with zero attached hydrogens (tertiary/aromatic N) is 1. The molecule has 0 spiro atoms. The average Bonchev–Trinajstić information content (AvgIpc) is 2.68. The van der Waals surface area contributed by atoms with Crippen LogP contribution in [0.25, 0.3) is 22.3 Å². The molecule has 0 saturated heterocycles. The summed E-state index contributed by atoms with van der Waals surface area (Å²) in [5, 5.41) is 11.4. The Bertz CT molecular complexity index is 1170. The Kier molecular flexibility index (Phi) is 4.38. The summed E-state index contributed by atoms with van der Waals surface area (Å²) in [4.78, 5) is 4.80. The topological polar surface area (TPSA) is 55.0 Å². The van der Waals surface area contributed by atoms with Crippen LogP contribution in [0.15, 0.2) is 82.2 Å². The van der Waals surface area contributed by atoms with Gasteiger partial charge in [-0.25, -0.2) is 4.99 Å². The normalized spacial score (nSPS) is 11.7. The summed E-state index contributed by atoms with van der Waals surface area (Å²) in [5.41, 5.74) is 3.57. The van der Waals surface area contributed by atoms with Crippen molar-refractivity contribution in [1.29, 1.82) is 0 Å². The van der Waals surface area contributed by atoms with E-state index in [0.717, 1.165) is 33.3 Å². The molecule has 0 fully saturated rings. The molecule has 0 amide bonds. The molecule has 0 saturated carbocycles. The molecule has 0 unspecified atom stereocenters. The maximum atomic E-state index is 9.91. The highest BCUT2D eigenvalue weighted by Crippen LogP contribution is 2.26. The minimum absolute atomic E-state index is 0.176. The maximum Gasteiger partial charge on any atom is 0.137 e. The van der Waals surface area contributed by atoms with Crippen LogP contribution in [-0.2, 0) is 0 Å². The third-order valence-corrected chi connectivity index (χ3v) is 4.35. The van der Waals surface area contributed by atoms with Crippen LogP contribution in [0.4, 0.5) is 5.69 Å². The first-order chi connectivity index (χ1) is 13.1. The zero-order valence-corrected chi connectivity index (χ0v) is 15.1. The number of aromatic hydroxyl groups is 1. The molecule has 4 heteroatoms. The van der Waals surface area contributed by atoms with Crippen molar-refractivity contribution in [1.82, 2.24) is 0 Å². The molecular weight excluding hydrogens is 338 g/mol. The van der Waals surface area contributed by atoms with Crippen molar-refractivity contribution in [2.45, 2.75) is 6.92 Å². The van der Waals surface area contributed by atoms with Gasteiger partial charge in [0, 0.05) is 17.0 Å². The van der Waals surface area contributed by atoms with Crippen molar-refractivity contribution < 1.29 is 14.3 Å². The van der Waals surface area contributed by atoms with E-state index in [2.05, 4.69) is 0 Å². The number of aryl methyl sites for hydroxylation is 1. The van der Waals surface area contributed by atoms with E-state index in [9.17, 15) is 5.11 Å². The molecule has 27 heavy (non-hydrogen) atoms. The SMILES string of the molecule is COc1ccc(-c2cc(=Nc3cccc(C)c3)c3cc(O)ccc3o2)cc1. The van der Waals surface area contributed by atoms with Crippen LogP contribution >= 0.6 is 0 Å². The molecule has 4 nitrogen and oxygen atoms in total. The second-order valence-corrected chi connectivity index (χ2v) is 6.36. The monoisotopic (exact) mass is 357 g/mol. The van der Waals surface area contributed by atoms with Crippen LogP contribution in [0.2, 0.25) is 0 Å². The lowest BCUT2D eigenvalue weighted by Gasteiger charge is -2.07. The van der Waals surface area contributed by atoms with Gasteiger partial charge in [0.2, 0.25) is 0 Å².